The van der Waals surface area contributed by atoms with E-state index in [-0.39, 0.29) is 25.7 Å². The van der Waals surface area contributed by atoms with Gasteiger partial charge in [-0.2, -0.15) is 0 Å². The third-order valence-electron chi connectivity index (χ3n) is 20.4. The summed E-state index contributed by atoms with van der Waals surface area (Å²) in [5.74, 6) is 0.232. The molecule has 0 aliphatic rings. The smallest absolute Gasteiger partial charge is 0.462 e. The first-order valence-electron chi connectivity index (χ1n) is 44.7. The van der Waals surface area contributed by atoms with Gasteiger partial charge in [0, 0.05) is 25.7 Å². The lowest BCUT2D eigenvalue weighted by molar-refractivity contribution is -0.161. The molecule has 19 heteroatoms. The van der Waals surface area contributed by atoms with Crippen molar-refractivity contribution >= 4 is 39.5 Å². The Kier molecular flexibility index (Phi) is 75.7. The van der Waals surface area contributed by atoms with Crippen molar-refractivity contribution in [1.82, 2.24) is 0 Å². The molecule has 0 spiro atoms. The number of carbonyl (C=O) groups is 4. The van der Waals surface area contributed by atoms with E-state index in [0.717, 1.165) is 133 Å². The largest absolute Gasteiger partial charge is 0.472 e. The number of hydrogen-bond donors (Lipinski definition) is 3. The van der Waals surface area contributed by atoms with Gasteiger partial charge < -0.3 is 33.8 Å². The highest BCUT2D eigenvalue weighted by Crippen LogP contribution is 2.45. The van der Waals surface area contributed by atoms with E-state index < -0.39 is 97.5 Å². The summed E-state index contributed by atoms with van der Waals surface area (Å²) in [5.41, 5.74) is 0. The number of carbonyl (C=O) groups excluding carboxylic acids is 4. The maximum Gasteiger partial charge on any atom is 0.472 e. The number of phosphoric ester groups is 2. The van der Waals surface area contributed by atoms with E-state index in [1.165, 1.54) is 225 Å². The average molecular weight is 1560 g/mol. The minimum atomic E-state index is -4.97. The molecule has 0 saturated carbocycles. The second kappa shape index (κ2) is 77.5. The molecular formula is C88H168O17P2. The molecule has 0 saturated heterocycles. The molecular weight excluding hydrogens is 1390 g/mol. The van der Waals surface area contributed by atoms with E-state index in [1.54, 1.807) is 0 Å². The minimum Gasteiger partial charge on any atom is -0.462 e. The molecule has 0 radical (unpaired) electrons. The molecule has 0 fully saturated rings. The fraction of sp³-hybridized carbons (Fsp3) is 0.909. The molecule has 0 aromatic carbocycles. The van der Waals surface area contributed by atoms with Crippen LogP contribution in [0.4, 0.5) is 0 Å². The van der Waals surface area contributed by atoms with Crippen LogP contribution in [0.2, 0.25) is 0 Å². The van der Waals surface area contributed by atoms with E-state index in [2.05, 4.69) is 72.8 Å². The van der Waals surface area contributed by atoms with Crippen LogP contribution in [-0.4, -0.2) is 96.7 Å². The monoisotopic (exact) mass is 1560 g/mol. The number of aliphatic hydroxyl groups excluding tert-OH is 1. The maximum absolute atomic E-state index is 13.1. The molecule has 0 aromatic rings. The summed E-state index contributed by atoms with van der Waals surface area (Å²) < 4.78 is 68.9. The number of allylic oxidation sites excluding steroid dienone is 4. The van der Waals surface area contributed by atoms with Crippen LogP contribution in [0.5, 0.6) is 0 Å². The molecule has 0 heterocycles. The lowest BCUT2D eigenvalue weighted by Gasteiger charge is -2.21. The highest BCUT2D eigenvalue weighted by Gasteiger charge is 2.30. The first-order valence-corrected chi connectivity index (χ1v) is 47.7. The van der Waals surface area contributed by atoms with Crippen molar-refractivity contribution < 1.29 is 80.2 Å². The van der Waals surface area contributed by atoms with E-state index in [9.17, 15) is 43.2 Å². The van der Waals surface area contributed by atoms with Crippen LogP contribution in [0.25, 0.3) is 0 Å². The van der Waals surface area contributed by atoms with Gasteiger partial charge in [0.25, 0.3) is 0 Å². The Morgan fingerprint density at radius 2 is 0.551 bits per heavy atom. The Morgan fingerprint density at radius 1 is 0.308 bits per heavy atom. The lowest BCUT2D eigenvalue weighted by Crippen LogP contribution is -2.30. The molecule has 107 heavy (non-hydrogen) atoms. The van der Waals surface area contributed by atoms with E-state index in [1.807, 2.05) is 0 Å². The predicted molar refractivity (Wildman–Crippen MR) is 441 cm³/mol. The zero-order valence-electron chi connectivity index (χ0n) is 70.1. The van der Waals surface area contributed by atoms with Crippen LogP contribution in [0.3, 0.4) is 0 Å². The average Bonchev–Trinajstić information content (AvgIpc) is 0.902. The summed E-state index contributed by atoms with van der Waals surface area (Å²) >= 11 is 0. The van der Waals surface area contributed by atoms with Gasteiger partial charge in [0.15, 0.2) is 12.2 Å². The van der Waals surface area contributed by atoms with Crippen molar-refractivity contribution in [2.45, 2.75) is 458 Å². The van der Waals surface area contributed by atoms with Crippen molar-refractivity contribution in [2.75, 3.05) is 39.6 Å². The molecule has 0 aliphatic carbocycles. The van der Waals surface area contributed by atoms with Gasteiger partial charge in [0.05, 0.1) is 26.4 Å². The SMILES string of the molecule is CCCCCC/C=C\C=C/CCCCCCCC(=O)OC[C@H](COP(=O)(O)OC[C@@H](O)COP(=O)(O)OC[C@@H](COC(=O)CCCCCCCCC(C)CC)OC(=O)CCCCCCCCCCCCCCCCCCCCC(C)C)OC(=O)CCCCCCCCCCCCCCCCCCCCC(C)C. The fourth-order valence-corrected chi connectivity index (χ4v) is 14.7. The Morgan fingerprint density at radius 3 is 0.832 bits per heavy atom. The number of rotatable bonds is 84. The van der Waals surface area contributed by atoms with Gasteiger partial charge in [0.1, 0.15) is 19.3 Å². The molecule has 6 atom stereocenters. The third kappa shape index (κ3) is 80.0. The highest BCUT2D eigenvalue weighted by molar-refractivity contribution is 7.47. The Labute approximate surface area is 656 Å². The van der Waals surface area contributed by atoms with Crippen LogP contribution >= 0.6 is 15.6 Å². The van der Waals surface area contributed by atoms with Gasteiger partial charge in [-0.1, -0.05) is 387 Å². The predicted octanol–water partition coefficient (Wildman–Crippen LogP) is 26.4. The molecule has 0 aromatic heterocycles. The molecule has 17 nitrogen and oxygen atoms in total. The molecule has 632 valence electrons. The van der Waals surface area contributed by atoms with E-state index in [0.29, 0.717) is 25.7 Å². The first-order chi connectivity index (χ1) is 51.8. The second-order valence-corrected chi connectivity index (χ2v) is 35.0. The zero-order valence-corrected chi connectivity index (χ0v) is 71.9. The van der Waals surface area contributed by atoms with Gasteiger partial charge in [0.2, 0.25) is 0 Å². The Balaban J connectivity index is 5.23. The molecule has 3 unspecified atom stereocenters. The molecule has 0 amide bonds. The van der Waals surface area contributed by atoms with Gasteiger partial charge in [-0.05, 0) is 69.1 Å². The summed E-state index contributed by atoms with van der Waals surface area (Å²) in [7, 11) is -9.94. The van der Waals surface area contributed by atoms with Crippen molar-refractivity contribution in [3.63, 3.8) is 0 Å². The Bertz CT molecular complexity index is 2160. The van der Waals surface area contributed by atoms with Crippen LogP contribution in [0.15, 0.2) is 24.3 Å². The van der Waals surface area contributed by atoms with Crippen molar-refractivity contribution in [3.8, 4) is 0 Å². The van der Waals surface area contributed by atoms with Gasteiger partial charge >= 0.3 is 39.5 Å². The van der Waals surface area contributed by atoms with E-state index >= 15 is 0 Å². The van der Waals surface area contributed by atoms with Gasteiger partial charge in [-0.25, -0.2) is 9.13 Å². The quantitative estimate of drug-likeness (QED) is 0.0169. The van der Waals surface area contributed by atoms with Crippen molar-refractivity contribution in [1.29, 1.82) is 0 Å². The summed E-state index contributed by atoms with van der Waals surface area (Å²) in [4.78, 5) is 73.2. The number of aliphatic hydroxyl groups is 1. The molecule has 0 bridgehead atoms. The van der Waals surface area contributed by atoms with Crippen LogP contribution in [-0.2, 0) is 65.4 Å². The minimum absolute atomic E-state index is 0.101. The molecule has 0 rings (SSSR count). The number of phosphoric acid groups is 2. The van der Waals surface area contributed by atoms with Crippen molar-refractivity contribution in [2.24, 2.45) is 17.8 Å². The molecule has 0 aliphatic heterocycles. The Hall–Kier alpha value is -2.46. The number of esters is 4. The number of hydrogen-bond acceptors (Lipinski definition) is 15. The number of unbranched alkanes of at least 4 members (excludes halogenated alkanes) is 48. The van der Waals surface area contributed by atoms with Crippen LogP contribution in [0, 0.1) is 17.8 Å². The molecule has 3 N–H and O–H groups in total. The maximum atomic E-state index is 13.1. The topological polar surface area (TPSA) is 237 Å². The number of ether oxygens (including phenoxy) is 4. The standard InChI is InChI=1S/C88H168O17P2/c1-8-10-11-12-13-14-15-16-25-32-37-42-47-55-62-69-85(90)98-75-83(104-87(92)71-64-57-48-43-38-33-28-23-19-17-21-26-30-35-40-45-52-59-66-79(3)4)77-102-106(94,95)100-73-82(89)74-101-107(96,97)103-78-84(76-99-86(91)70-63-56-51-50-54-61-68-81(7)9-2)105-88(93)72-65-58-49-44-39-34-29-24-20-18-22-27-31-36-41-46-53-60-67-80(5)6/h14-16,25,79-84,89H,8-13,17-24,26-78H2,1-7H3,(H,94,95)(H,96,97)/b15-14-,25-16-/t81?,82-,83-,84-/m1/s1. The van der Waals surface area contributed by atoms with Crippen LogP contribution < -0.4 is 0 Å². The van der Waals surface area contributed by atoms with Crippen LogP contribution in [0.1, 0.15) is 440 Å². The normalized spacial score (nSPS) is 14.2. The van der Waals surface area contributed by atoms with Gasteiger partial charge in [-0.15, -0.1) is 0 Å². The third-order valence-corrected chi connectivity index (χ3v) is 22.3. The summed E-state index contributed by atoms with van der Waals surface area (Å²) in [6.45, 7) is 11.9. The summed E-state index contributed by atoms with van der Waals surface area (Å²) in [6.07, 6.45) is 71.8. The first kappa shape index (κ1) is 105. The van der Waals surface area contributed by atoms with Gasteiger partial charge in [-0.3, -0.25) is 37.3 Å². The zero-order chi connectivity index (χ0) is 78.6. The highest BCUT2D eigenvalue weighted by atomic mass is 31.2. The van der Waals surface area contributed by atoms with Crippen molar-refractivity contribution in [3.05, 3.63) is 24.3 Å². The fourth-order valence-electron chi connectivity index (χ4n) is 13.2. The summed E-state index contributed by atoms with van der Waals surface area (Å²) in [6, 6.07) is 0. The summed E-state index contributed by atoms with van der Waals surface area (Å²) in [5, 5.41) is 10.7. The second-order valence-electron chi connectivity index (χ2n) is 32.1. The van der Waals surface area contributed by atoms with E-state index in [4.69, 9.17) is 37.0 Å². The lowest BCUT2D eigenvalue weighted by atomic mass is 10.00.